The first-order valence-corrected chi connectivity index (χ1v) is 8.40. The average molecular weight is 350 g/mol. The minimum absolute atomic E-state index is 0.0270. The number of hydrogen-bond acceptors (Lipinski definition) is 5. The van der Waals surface area contributed by atoms with Crippen LogP contribution in [-0.2, 0) is 16.1 Å². The smallest absolute Gasteiger partial charge is 0.422 e. The number of ether oxygens (including phenoxy) is 1. The molecule has 1 rings (SSSR count). The van der Waals surface area contributed by atoms with E-state index in [0.717, 1.165) is 10.6 Å². The van der Waals surface area contributed by atoms with Gasteiger partial charge in [0.05, 0.1) is 13.1 Å². The number of benzene rings is 1. The van der Waals surface area contributed by atoms with Crippen molar-refractivity contribution in [2.24, 2.45) is 11.8 Å². The summed E-state index contributed by atoms with van der Waals surface area (Å²) in [5.41, 5.74) is 2.96. The Kier molecular flexibility index (Phi) is 7.86. The van der Waals surface area contributed by atoms with Gasteiger partial charge in [-0.25, -0.2) is 15.6 Å². The number of hydrazine groups is 2. The summed E-state index contributed by atoms with van der Waals surface area (Å²) in [6.07, 6.45) is -0.590. The first-order valence-electron chi connectivity index (χ1n) is 8.40. The molecule has 7 nitrogen and oxygen atoms in total. The van der Waals surface area contributed by atoms with Crippen molar-refractivity contribution in [1.29, 1.82) is 0 Å². The summed E-state index contributed by atoms with van der Waals surface area (Å²) in [6.45, 7) is 10.1. The molecule has 0 aliphatic rings. The Morgan fingerprint density at radius 2 is 1.80 bits per heavy atom. The van der Waals surface area contributed by atoms with Crippen molar-refractivity contribution in [3.05, 3.63) is 35.9 Å². The molecule has 0 aromatic heterocycles. The molecule has 0 bridgehead atoms. The quantitative estimate of drug-likeness (QED) is 0.447. The van der Waals surface area contributed by atoms with E-state index in [1.807, 2.05) is 44.2 Å². The molecule has 0 saturated carbocycles. The highest BCUT2D eigenvalue weighted by atomic mass is 16.6. The van der Waals surface area contributed by atoms with Crippen molar-refractivity contribution < 1.29 is 14.3 Å². The third-order valence-electron chi connectivity index (χ3n) is 3.08. The van der Waals surface area contributed by atoms with Crippen LogP contribution in [0.3, 0.4) is 0 Å². The molecule has 7 heteroatoms. The van der Waals surface area contributed by atoms with Gasteiger partial charge in [-0.3, -0.25) is 15.2 Å². The van der Waals surface area contributed by atoms with Gasteiger partial charge in [-0.2, -0.15) is 0 Å². The molecule has 0 aliphatic carbocycles. The molecule has 0 unspecified atom stereocenters. The highest BCUT2D eigenvalue weighted by molar-refractivity contribution is 5.78. The van der Waals surface area contributed by atoms with Crippen LogP contribution in [-0.4, -0.2) is 40.7 Å². The van der Waals surface area contributed by atoms with Crippen LogP contribution in [0.25, 0.3) is 0 Å². The van der Waals surface area contributed by atoms with Gasteiger partial charge < -0.3 is 4.74 Å². The molecule has 0 radical (unpaired) electrons. The van der Waals surface area contributed by atoms with Crippen molar-refractivity contribution in [3.63, 3.8) is 0 Å². The summed E-state index contributed by atoms with van der Waals surface area (Å²) in [6, 6.07) is 9.49. The standard InChI is InChI=1S/C18H30N4O3/c1-14(2)11-21(20-17(24)25-18(3,4)5)13-16(23)22(19)12-15-9-7-6-8-10-15/h6-10,14H,11-13,19H2,1-5H3,(H,20,24). The second-order valence-corrected chi connectivity index (χ2v) is 7.40. The van der Waals surface area contributed by atoms with E-state index in [-0.39, 0.29) is 18.4 Å². The zero-order chi connectivity index (χ0) is 19.0. The molecule has 0 fully saturated rings. The predicted octanol–water partition coefficient (Wildman–Crippen LogP) is 2.29. The number of carbonyl (C=O) groups excluding carboxylic acids is 2. The summed E-state index contributed by atoms with van der Waals surface area (Å²) in [5, 5.41) is 2.69. The Labute approximate surface area is 150 Å². The Morgan fingerprint density at radius 1 is 1.20 bits per heavy atom. The van der Waals surface area contributed by atoms with Crippen LogP contribution in [0.15, 0.2) is 30.3 Å². The van der Waals surface area contributed by atoms with Gasteiger partial charge >= 0.3 is 6.09 Å². The summed E-state index contributed by atoms with van der Waals surface area (Å²) in [5.74, 6) is 5.84. The zero-order valence-electron chi connectivity index (χ0n) is 15.8. The van der Waals surface area contributed by atoms with E-state index in [1.165, 1.54) is 5.01 Å². The number of amides is 2. The average Bonchev–Trinajstić information content (AvgIpc) is 2.45. The van der Waals surface area contributed by atoms with Gasteiger partial charge in [0.15, 0.2) is 0 Å². The molecule has 0 atom stereocenters. The predicted molar refractivity (Wildman–Crippen MR) is 97.0 cm³/mol. The third kappa shape index (κ3) is 9.07. The van der Waals surface area contributed by atoms with E-state index in [0.29, 0.717) is 13.1 Å². The second kappa shape index (κ2) is 9.39. The maximum Gasteiger partial charge on any atom is 0.422 e. The van der Waals surface area contributed by atoms with Crippen molar-refractivity contribution in [1.82, 2.24) is 15.4 Å². The molecular weight excluding hydrogens is 320 g/mol. The van der Waals surface area contributed by atoms with E-state index >= 15 is 0 Å². The lowest BCUT2D eigenvalue weighted by Gasteiger charge is -2.28. The Balaban J connectivity index is 2.63. The van der Waals surface area contributed by atoms with Crippen molar-refractivity contribution in [3.8, 4) is 0 Å². The van der Waals surface area contributed by atoms with Gasteiger partial charge in [0, 0.05) is 6.54 Å². The number of carbonyl (C=O) groups is 2. The normalized spacial score (nSPS) is 11.5. The third-order valence-corrected chi connectivity index (χ3v) is 3.08. The summed E-state index contributed by atoms with van der Waals surface area (Å²) in [7, 11) is 0. The number of nitrogens with one attached hydrogen (secondary N) is 1. The minimum Gasteiger partial charge on any atom is -0.443 e. The molecule has 2 amide bonds. The molecule has 1 aromatic rings. The molecular formula is C18H30N4O3. The Bertz CT molecular complexity index is 555. The van der Waals surface area contributed by atoms with Gasteiger partial charge in [0.25, 0.3) is 5.91 Å². The van der Waals surface area contributed by atoms with Gasteiger partial charge in [-0.15, -0.1) is 0 Å². The Morgan fingerprint density at radius 3 is 2.32 bits per heavy atom. The van der Waals surface area contributed by atoms with Crippen LogP contribution in [0, 0.1) is 5.92 Å². The van der Waals surface area contributed by atoms with Crippen LogP contribution in [0.4, 0.5) is 4.79 Å². The first kappa shape index (κ1) is 20.9. The van der Waals surface area contributed by atoms with Crippen LogP contribution in [0.2, 0.25) is 0 Å². The fourth-order valence-electron chi connectivity index (χ4n) is 2.14. The van der Waals surface area contributed by atoms with E-state index in [4.69, 9.17) is 10.6 Å². The van der Waals surface area contributed by atoms with Gasteiger partial charge in [-0.1, -0.05) is 44.2 Å². The molecule has 0 saturated heterocycles. The largest absolute Gasteiger partial charge is 0.443 e. The van der Waals surface area contributed by atoms with Crippen molar-refractivity contribution in [2.75, 3.05) is 13.1 Å². The van der Waals surface area contributed by atoms with Crippen LogP contribution < -0.4 is 11.3 Å². The van der Waals surface area contributed by atoms with E-state index in [1.54, 1.807) is 20.8 Å². The minimum atomic E-state index is -0.606. The zero-order valence-corrected chi connectivity index (χ0v) is 15.8. The van der Waals surface area contributed by atoms with E-state index in [2.05, 4.69) is 5.43 Å². The molecule has 0 spiro atoms. The summed E-state index contributed by atoms with van der Waals surface area (Å²) in [4.78, 5) is 24.3. The molecule has 0 heterocycles. The second-order valence-electron chi connectivity index (χ2n) is 7.40. The lowest BCUT2D eigenvalue weighted by Crippen LogP contribution is -2.52. The maximum atomic E-state index is 12.4. The number of nitrogens with zero attached hydrogens (tertiary/aromatic N) is 2. The fourth-order valence-corrected chi connectivity index (χ4v) is 2.14. The molecule has 140 valence electrons. The topological polar surface area (TPSA) is 87.9 Å². The van der Waals surface area contributed by atoms with Crippen LogP contribution >= 0.6 is 0 Å². The molecule has 1 aromatic carbocycles. The molecule has 0 aliphatic heterocycles. The van der Waals surface area contributed by atoms with Crippen LogP contribution in [0.5, 0.6) is 0 Å². The highest BCUT2D eigenvalue weighted by Gasteiger charge is 2.21. The number of hydrogen-bond donors (Lipinski definition) is 2. The fraction of sp³-hybridized carbons (Fsp3) is 0.556. The summed E-state index contributed by atoms with van der Waals surface area (Å²) >= 11 is 0. The van der Waals surface area contributed by atoms with E-state index < -0.39 is 11.7 Å². The maximum absolute atomic E-state index is 12.4. The molecule has 25 heavy (non-hydrogen) atoms. The van der Waals surface area contributed by atoms with Crippen LogP contribution in [0.1, 0.15) is 40.2 Å². The van der Waals surface area contributed by atoms with Gasteiger partial charge in [-0.05, 0) is 32.3 Å². The SMILES string of the molecule is CC(C)CN(CC(=O)N(N)Cc1ccccc1)NC(=O)OC(C)(C)C. The lowest BCUT2D eigenvalue weighted by atomic mass is 10.2. The van der Waals surface area contributed by atoms with Gasteiger partial charge in [0.1, 0.15) is 5.60 Å². The number of nitrogens with two attached hydrogens (primary N) is 1. The first-order chi connectivity index (χ1) is 11.6. The number of rotatable bonds is 7. The lowest BCUT2D eigenvalue weighted by molar-refractivity contribution is -0.134. The van der Waals surface area contributed by atoms with Gasteiger partial charge in [0.2, 0.25) is 0 Å². The van der Waals surface area contributed by atoms with Crippen molar-refractivity contribution >= 4 is 12.0 Å². The summed E-state index contributed by atoms with van der Waals surface area (Å²) < 4.78 is 5.24. The molecule has 3 N–H and O–H groups in total. The highest BCUT2D eigenvalue weighted by Crippen LogP contribution is 2.07. The Hall–Kier alpha value is -2.12. The van der Waals surface area contributed by atoms with Crippen molar-refractivity contribution in [2.45, 2.75) is 46.8 Å². The monoisotopic (exact) mass is 350 g/mol. The van der Waals surface area contributed by atoms with E-state index in [9.17, 15) is 9.59 Å².